The summed E-state index contributed by atoms with van der Waals surface area (Å²) in [7, 11) is 0. The molecule has 1 heterocycles. The number of hydrogen-bond acceptors (Lipinski definition) is 4. The third-order valence-corrected chi connectivity index (χ3v) is 9.64. The lowest BCUT2D eigenvalue weighted by molar-refractivity contribution is -0.189. The van der Waals surface area contributed by atoms with E-state index in [1.807, 2.05) is 24.3 Å². The Morgan fingerprint density at radius 3 is 2.02 bits per heavy atom. The summed E-state index contributed by atoms with van der Waals surface area (Å²) >= 11 is 12.5. The fraction of sp³-hybridized carbons (Fsp3) is 0.297. The van der Waals surface area contributed by atoms with E-state index in [0.29, 0.717) is 21.7 Å². The molecule has 0 atom stereocenters. The van der Waals surface area contributed by atoms with Gasteiger partial charge < -0.3 is 14.6 Å². The van der Waals surface area contributed by atoms with Crippen LogP contribution in [0.3, 0.4) is 0 Å². The number of ether oxygens (including phenoxy) is 1. The van der Waals surface area contributed by atoms with Gasteiger partial charge in [-0.1, -0.05) is 59.6 Å². The van der Waals surface area contributed by atoms with Crippen LogP contribution in [0.25, 0.3) is 11.0 Å². The smallest absolute Gasteiger partial charge is 0.420 e. The Morgan fingerprint density at radius 1 is 0.809 bits per heavy atom. The molecule has 0 saturated heterocycles. The maximum Gasteiger partial charge on any atom is 0.491 e. The van der Waals surface area contributed by atoms with Gasteiger partial charge in [0, 0.05) is 45.7 Å². The third kappa shape index (κ3) is 6.99. The number of alkyl halides is 3. The van der Waals surface area contributed by atoms with Crippen LogP contribution in [0.15, 0.2) is 91.0 Å². The summed E-state index contributed by atoms with van der Waals surface area (Å²) in [5.41, 5.74) is 6.17. The minimum absolute atomic E-state index is 0.0206. The Morgan fingerprint density at radius 2 is 1.43 bits per heavy atom. The molecule has 1 N–H and O–H groups in total. The van der Waals surface area contributed by atoms with Crippen molar-refractivity contribution in [1.82, 2.24) is 9.55 Å². The SMILES string of the molecule is O=C(Oc1cccc(NC2CCC(n3c(C4CC4)nc4ccc(C(c5ccc(Cl)cc5)c5ccc(Cl)cc5)cc43)CC2)c1)C(F)(F)F. The number of fused-ring (bicyclic) bond motifs is 1. The average Bonchev–Trinajstić information content (AvgIpc) is 3.83. The molecule has 7 rings (SSSR count). The Hall–Kier alpha value is -4.01. The molecule has 2 fully saturated rings. The number of carbonyl (C=O) groups excluding carboxylic acids is 1. The molecule has 242 valence electrons. The maximum absolute atomic E-state index is 12.7. The lowest BCUT2D eigenvalue weighted by Crippen LogP contribution is -2.28. The normalized spacial score (nSPS) is 18.4. The zero-order valence-corrected chi connectivity index (χ0v) is 26.8. The van der Waals surface area contributed by atoms with Crippen molar-refractivity contribution < 1.29 is 22.7 Å². The van der Waals surface area contributed by atoms with Gasteiger partial charge in [-0.25, -0.2) is 9.78 Å². The summed E-state index contributed by atoms with van der Waals surface area (Å²) in [6, 6.07) is 29.1. The van der Waals surface area contributed by atoms with Gasteiger partial charge in [-0.3, -0.25) is 0 Å². The van der Waals surface area contributed by atoms with E-state index in [9.17, 15) is 18.0 Å². The number of hydrogen-bond donors (Lipinski definition) is 1. The first kappa shape index (κ1) is 31.6. The Kier molecular flexibility index (Phi) is 8.66. The van der Waals surface area contributed by atoms with Crippen molar-refractivity contribution in [2.45, 2.75) is 68.6 Å². The second kappa shape index (κ2) is 12.9. The predicted octanol–water partition coefficient (Wildman–Crippen LogP) is 10.5. The molecule has 2 saturated carbocycles. The second-order valence-electron chi connectivity index (χ2n) is 12.5. The molecule has 0 radical (unpaired) electrons. The molecule has 4 aromatic carbocycles. The molecule has 0 bridgehead atoms. The molecular weight excluding hydrogens is 646 g/mol. The van der Waals surface area contributed by atoms with Crippen molar-refractivity contribution in [3.05, 3.63) is 124 Å². The molecule has 47 heavy (non-hydrogen) atoms. The first-order valence-electron chi connectivity index (χ1n) is 15.8. The van der Waals surface area contributed by atoms with E-state index >= 15 is 0 Å². The molecular formula is C37H32Cl2F3N3O2. The quantitative estimate of drug-likeness (QED) is 0.101. The van der Waals surface area contributed by atoms with Gasteiger partial charge in [-0.05, 0) is 104 Å². The number of benzene rings is 4. The zero-order chi connectivity index (χ0) is 32.7. The van der Waals surface area contributed by atoms with Crippen molar-refractivity contribution in [2.24, 2.45) is 0 Å². The lowest BCUT2D eigenvalue weighted by Gasteiger charge is -2.32. The van der Waals surface area contributed by atoms with Crippen LogP contribution < -0.4 is 10.1 Å². The van der Waals surface area contributed by atoms with Gasteiger partial charge in [0.15, 0.2) is 0 Å². The summed E-state index contributed by atoms with van der Waals surface area (Å²) < 4.78 is 45.0. The van der Waals surface area contributed by atoms with Crippen LogP contribution in [0.4, 0.5) is 18.9 Å². The molecule has 5 aromatic rings. The minimum Gasteiger partial charge on any atom is -0.420 e. The number of nitrogens with one attached hydrogen (secondary N) is 1. The van der Waals surface area contributed by atoms with Gasteiger partial charge in [0.2, 0.25) is 0 Å². The van der Waals surface area contributed by atoms with Gasteiger partial charge in [0.1, 0.15) is 11.6 Å². The molecule has 1 aromatic heterocycles. The Balaban J connectivity index is 1.15. The first-order valence-corrected chi connectivity index (χ1v) is 16.6. The van der Waals surface area contributed by atoms with Gasteiger partial charge in [0.25, 0.3) is 0 Å². The molecule has 2 aliphatic rings. The Bertz CT molecular complexity index is 1850. The largest absolute Gasteiger partial charge is 0.491 e. The number of halogens is 5. The average molecular weight is 679 g/mol. The van der Waals surface area contributed by atoms with E-state index < -0.39 is 12.1 Å². The number of nitrogens with zero attached hydrogens (tertiary/aromatic N) is 2. The van der Waals surface area contributed by atoms with Crippen molar-refractivity contribution >= 4 is 45.9 Å². The van der Waals surface area contributed by atoms with Crippen LogP contribution in [-0.2, 0) is 4.79 Å². The van der Waals surface area contributed by atoms with E-state index in [1.165, 1.54) is 12.1 Å². The summed E-state index contributed by atoms with van der Waals surface area (Å²) in [5.74, 6) is -0.775. The first-order chi connectivity index (χ1) is 22.6. The lowest BCUT2D eigenvalue weighted by atomic mass is 9.85. The van der Waals surface area contributed by atoms with Crippen molar-refractivity contribution in [3.63, 3.8) is 0 Å². The molecule has 0 spiro atoms. The molecule has 10 heteroatoms. The van der Waals surface area contributed by atoms with E-state index in [2.05, 4.69) is 57.1 Å². The minimum atomic E-state index is -5.05. The van der Waals surface area contributed by atoms with E-state index in [0.717, 1.165) is 72.1 Å². The van der Waals surface area contributed by atoms with Crippen LogP contribution in [0.2, 0.25) is 10.0 Å². The fourth-order valence-corrected chi connectivity index (χ4v) is 6.99. The molecule has 0 amide bonds. The number of rotatable bonds is 8. The van der Waals surface area contributed by atoms with Gasteiger partial charge >= 0.3 is 12.1 Å². The standard InChI is InChI=1S/C37H32Cl2F3N3O2/c38-26-11-6-22(7-12-26)34(23-8-13-27(39)14-9-23)25-10-19-32-33(20-25)45(35(44-32)24-4-5-24)30-17-15-28(16-18-30)43-29-2-1-3-31(21-29)47-36(46)37(40,41)42/h1-3,6-14,19-21,24,28,30,34,43H,4-5,15-18H2. The second-order valence-corrected chi connectivity index (χ2v) is 13.3. The molecule has 0 aliphatic heterocycles. The number of esters is 1. The summed E-state index contributed by atoms with van der Waals surface area (Å²) in [4.78, 5) is 16.4. The van der Waals surface area contributed by atoms with E-state index in [4.69, 9.17) is 28.2 Å². The highest BCUT2D eigenvalue weighted by molar-refractivity contribution is 6.30. The maximum atomic E-state index is 12.7. The van der Waals surface area contributed by atoms with Crippen LogP contribution in [-0.4, -0.2) is 27.7 Å². The zero-order valence-electron chi connectivity index (χ0n) is 25.3. The highest BCUT2D eigenvalue weighted by Gasteiger charge is 2.41. The molecule has 2 aliphatic carbocycles. The van der Waals surface area contributed by atoms with Crippen molar-refractivity contribution in [2.75, 3.05) is 5.32 Å². The number of carbonyl (C=O) groups is 1. The third-order valence-electron chi connectivity index (χ3n) is 9.13. The summed E-state index contributed by atoms with van der Waals surface area (Å²) in [6.45, 7) is 0. The number of imidazole rings is 1. The van der Waals surface area contributed by atoms with Crippen molar-refractivity contribution in [3.8, 4) is 5.75 Å². The van der Waals surface area contributed by atoms with Crippen LogP contribution in [0.5, 0.6) is 5.75 Å². The monoisotopic (exact) mass is 677 g/mol. The predicted molar refractivity (Wildman–Crippen MR) is 179 cm³/mol. The summed E-state index contributed by atoms with van der Waals surface area (Å²) in [5, 5.41) is 4.82. The highest BCUT2D eigenvalue weighted by Crippen LogP contribution is 2.45. The van der Waals surface area contributed by atoms with Crippen molar-refractivity contribution in [1.29, 1.82) is 0 Å². The van der Waals surface area contributed by atoms with Gasteiger partial charge in [-0.15, -0.1) is 0 Å². The highest BCUT2D eigenvalue weighted by atomic mass is 35.5. The number of anilines is 1. The van der Waals surface area contributed by atoms with Crippen LogP contribution in [0.1, 0.15) is 78.9 Å². The van der Waals surface area contributed by atoms with Gasteiger partial charge in [-0.2, -0.15) is 13.2 Å². The van der Waals surface area contributed by atoms with Gasteiger partial charge in [0.05, 0.1) is 11.0 Å². The Labute approximate surface area is 280 Å². The summed E-state index contributed by atoms with van der Waals surface area (Å²) in [6.07, 6.45) is 0.825. The topological polar surface area (TPSA) is 56.1 Å². The van der Waals surface area contributed by atoms with E-state index in [-0.39, 0.29) is 23.8 Å². The van der Waals surface area contributed by atoms with E-state index in [1.54, 1.807) is 12.1 Å². The fourth-order valence-electron chi connectivity index (χ4n) is 6.74. The molecule has 0 unspecified atom stereocenters. The molecule has 5 nitrogen and oxygen atoms in total. The van der Waals surface area contributed by atoms with Crippen LogP contribution in [0, 0.1) is 0 Å². The number of aromatic nitrogens is 2. The van der Waals surface area contributed by atoms with Crippen LogP contribution >= 0.6 is 23.2 Å².